The van der Waals surface area contributed by atoms with Crippen LogP contribution >= 0.6 is 0 Å². The highest BCUT2D eigenvalue weighted by atomic mass is 16.6. The first-order chi connectivity index (χ1) is 10.4. The molecule has 0 aromatic heterocycles. The quantitative estimate of drug-likeness (QED) is 0.373. The van der Waals surface area contributed by atoms with Crippen LogP contribution in [0.3, 0.4) is 0 Å². The molecule has 0 aliphatic carbocycles. The van der Waals surface area contributed by atoms with Crippen LogP contribution < -0.4 is 10.1 Å². The zero-order valence-electron chi connectivity index (χ0n) is 11.8. The standard InChI is InChI=1S/C13H13N3O6/c1-3-15-12(18)9(14-13(15)19)5-7-4-8(16(20)21)6-10(22-2)11(7)17/h4-6,17H,3H2,1-2H3,(H,14,19)/b9-5+. The van der Waals surface area contributed by atoms with Gasteiger partial charge in [-0.2, -0.15) is 0 Å². The average molecular weight is 307 g/mol. The number of phenols is 1. The van der Waals surface area contributed by atoms with Crippen LogP contribution in [0.2, 0.25) is 0 Å². The Hall–Kier alpha value is -3.10. The molecule has 2 N–H and O–H groups in total. The number of benzene rings is 1. The highest BCUT2D eigenvalue weighted by Crippen LogP contribution is 2.35. The summed E-state index contributed by atoms with van der Waals surface area (Å²) >= 11 is 0. The molecule has 1 aromatic rings. The summed E-state index contributed by atoms with van der Waals surface area (Å²) in [5, 5.41) is 23.2. The molecular formula is C13H13N3O6. The third kappa shape index (κ3) is 2.55. The molecule has 116 valence electrons. The first kappa shape index (κ1) is 15.3. The summed E-state index contributed by atoms with van der Waals surface area (Å²) in [6, 6.07) is 1.56. The van der Waals surface area contributed by atoms with Crippen molar-refractivity contribution in [2.45, 2.75) is 6.92 Å². The summed E-state index contributed by atoms with van der Waals surface area (Å²) < 4.78 is 4.86. The van der Waals surface area contributed by atoms with Gasteiger partial charge < -0.3 is 15.2 Å². The minimum atomic E-state index is -0.655. The number of rotatable bonds is 4. The maximum absolute atomic E-state index is 12.0. The van der Waals surface area contributed by atoms with E-state index in [2.05, 4.69) is 5.32 Å². The number of methoxy groups -OCH3 is 1. The van der Waals surface area contributed by atoms with Gasteiger partial charge in [-0.15, -0.1) is 0 Å². The number of hydrogen-bond acceptors (Lipinski definition) is 6. The fraction of sp³-hybridized carbons (Fsp3) is 0.231. The van der Waals surface area contributed by atoms with Crippen LogP contribution in [0.15, 0.2) is 17.8 Å². The summed E-state index contributed by atoms with van der Waals surface area (Å²) in [5.74, 6) is -1.04. The fourth-order valence-corrected chi connectivity index (χ4v) is 2.00. The van der Waals surface area contributed by atoms with Crippen molar-refractivity contribution in [1.29, 1.82) is 0 Å². The Kier molecular flexibility index (Phi) is 3.97. The fourth-order valence-electron chi connectivity index (χ4n) is 2.00. The summed E-state index contributed by atoms with van der Waals surface area (Å²) in [6.45, 7) is 1.82. The monoisotopic (exact) mass is 307 g/mol. The molecular weight excluding hydrogens is 294 g/mol. The molecule has 1 fully saturated rings. The molecule has 0 saturated carbocycles. The molecule has 0 bridgehead atoms. The van der Waals surface area contributed by atoms with Gasteiger partial charge in [-0.1, -0.05) is 0 Å². The van der Waals surface area contributed by atoms with E-state index in [0.717, 1.165) is 17.0 Å². The summed E-state index contributed by atoms with van der Waals surface area (Å²) in [7, 11) is 1.25. The maximum Gasteiger partial charge on any atom is 0.328 e. The molecule has 3 amide bonds. The Balaban J connectivity index is 2.51. The molecule has 9 nitrogen and oxygen atoms in total. The molecule has 1 aliphatic heterocycles. The number of non-ortho nitro benzene ring substituents is 1. The van der Waals surface area contributed by atoms with Gasteiger partial charge in [-0.25, -0.2) is 4.79 Å². The number of hydrogen-bond donors (Lipinski definition) is 2. The maximum atomic E-state index is 12.0. The summed E-state index contributed by atoms with van der Waals surface area (Å²) in [6.07, 6.45) is 1.17. The molecule has 0 unspecified atom stereocenters. The number of imide groups is 1. The van der Waals surface area contributed by atoms with Gasteiger partial charge in [0.05, 0.1) is 18.1 Å². The van der Waals surface area contributed by atoms with Crippen molar-refractivity contribution in [3.63, 3.8) is 0 Å². The van der Waals surface area contributed by atoms with E-state index in [4.69, 9.17) is 4.74 Å². The van der Waals surface area contributed by atoms with Crippen LogP contribution in [0.4, 0.5) is 10.5 Å². The van der Waals surface area contributed by atoms with E-state index < -0.39 is 16.9 Å². The van der Waals surface area contributed by atoms with E-state index in [0.29, 0.717) is 0 Å². The van der Waals surface area contributed by atoms with Gasteiger partial charge in [-0.3, -0.25) is 19.8 Å². The zero-order chi connectivity index (χ0) is 16.4. The second-order valence-corrected chi connectivity index (χ2v) is 4.38. The number of phenolic OH excluding ortho intramolecular Hbond substituents is 1. The van der Waals surface area contributed by atoms with Crippen molar-refractivity contribution in [3.05, 3.63) is 33.5 Å². The minimum absolute atomic E-state index is 0.00680. The normalized spacial score (nSPS) is 16.1. The van der Waals surface area contributed by atoms with Crippen LogP contribution in [-0.2, 0) is 4.79 Å². The van der Waals surface area contributed by atoms with Crippen LogP contribution in [0.1, 0.15) is 12.5 Å². The summed E-state index contributed by atoms with van der Waals surface area (Å²) in [4.78, 5) is 34.7. The van der Waals surface area contributed by atoms with Gasteiger partial charge in [0, 0.05) is 18.2 Å². The molecule has 0 atom stereocenters. The lowest BCUT2D eigenvalue weighted by Gasteiger charge is -2.07. The third-order valence-corrected chi connectivity index (χ3v) is 3.10. The van der Waals surface area contributed by atoms with Crippen molar-refractivity contribution in [2.24, 2.45) is 0 Å². The number of carbonyl (C=O) groups is 2. The molecule has 0 radical (unpaired) electrons. The third-order valence-electron chi connectivity index (χ3n) is 3.10. The molecule has 1 heterocycles. The van der Waals surface area contributed by atoms with E-state index in [1.54, 1.807) is 6.92 Å². The van der Waals surface area contributed by atoms with Crippen LogP contribution in [0.25, 0.3) is 6.08 Å². The number of nitro benzene ring substituents is 1. The Labute approximate surface area is 124 Å². The van der Waals surface area contributed by atoms with E-state index in [1.165, 1.54) is 13.2 Å². The number of aromatic hydroxyl groups is 1. The van der Waals surface area contributed by atoms with Crippen molar-refractivity contribution < 1.29 is 24.4 Å². The molecule has 9 heteroatoms. The number of likely N-dealkylation sites (N-methyl/N-ethyl adjacent to an activating group) is 1. The van der Waals surface area contributed by atoms with Gasteiger partial charge in [0.2, 0.25) is 0 Å². The first-order valence-corrected chi connectivity index (χ1v) is 6.29. The first-order valence-electron chi connectivity index (χ1n) is 6.29. The average Bonchev–Trinajstić information content (AvgIpc) is 2.74. The predicted octanol–water partition coefficient (Wildman–Crippen LogP) is 1.22. The Morgan fingerprint density at radius 3 is 2.64 bits per heavy atom. The zero-order valence-corrected chi connectivity index (χ0v) is 11.8. The number of ether oxygens (including phenoxy) is 1. The van der Waals surface area contributed by atoms with E-state index in [-0.39, 0.29) is 35.0 Å². The second kappa shape index (κ2) is 5.72. The van der Waals surface area contributed by atoms with Crippen LogP contribution in [0, 0.1) is 10.1 Å². The summed E-state index contributed by atoms with van der Waals surface area (Å²) in [5.41, 5.74) is -0.400. The van der Waals surface area contributed by atoms with Crippen molar-refractivity contribution in [2.75, 3.05) is 13.7 Å². The van der Waals surface area contributed by atoms with Gasteiger partial charge in [0.1, 0.15) is 5.70 Å². The number of nitro groups is 1. The van der Waals surface area contributed by atoms with Crippen molar-refractivity contribution in [1.82, 2.24) is 10.2 Å². The number of carbonyl (C=O) groups excluding carboxylic acids is 2. The topological polar surface area (TPSA) is 122 Å². The van der Waals surface area contributed by atoms with Gasteiger partial charge >= 0.3 is 6.03 Å². The molecule has 1 aromatic carbocycles. The highest BCUT2D eigenvalue weighted by Gasteiger charge is 2.32. The highest BCUT2D eigenvalue weighted by molar-refractivity contribution is 6.14. The number of amides is 3. The second-order valence-electron chi connectivity index (χ2n) is 4.38. The van der Waals surface area contributed by atoms with Gasteiger partial charge in [0.25, 0.3) is 11.6 Å². The number of nitrogens with one attached hydrogen (secondary N) is 1. The van der Waals surface area contributed by atoms with Crippen molar-refractivity contribution >= 4 is 23.7 Å². The van der Waals surface area contributed by atoms with E-state index in [9.17, 15) is 24.8 Å². The van der Waals surface area contributed by atoms with Gasteiger partial charge in [0.15, 0.2) is 11.5 Å². The minimum Gasteiger partial charge on any atom is -0.504 e. The van der Waals surface area contributed by atoms with E-state index in [1.807, 2.05) is 0 Å². The lowest BCUT2D eigenvalue weighted by Crippen LogP contribution is -2.30. The number of urea groups is 1. The Bertz CT molecular complexity index is 697. The van der Waals surface area contributed by atoms with Gasteiger partial charge in [-0.05, 0) is 13.0 Å². The molecule has 22 heavy (non-hydrogen) atoms. The smallest absolute Gasteiger partial charge is 0.328 e. The Morgan fingerprint density at radius 1 is 1.45 bits per heavy atom. The molecule has 2 rings (SSSR count). The van der Waals surface area contributed by atoms with Crippen molar-refractivity contribution in [3.8, 4) is 11.5 Å². The van der Waals surface area contributed by atoms with Crippen LogP contribution in [-0.4, -0.2) is 40.5 Å². The lowest BCUT2D eigenvalue weighted by atomic mass is 10.1. The Morgan fingerprint density at radius 2 is 2.14 bits per heavy atom. The lowest BCUT2D eigenvalue weighted by molar-refractivity contribution is -0.385. The molecule has 1 saturated heterocycles. The van der Waals surface area contributed by atoms with E-state index >= 15 is 0 Å². The molecule has 1 aliphatic rings. The largest absolute Gasteiger partial charge is 0.504 e. The predicted molar refractivity (Wildman–Crippen MR) is 75.2 cm³/mol. The van der Waals surface area contributed by atoms with Crippen LogP contribution in [0.5, 0.6) is 11.5 Å². The molecule has 0 spiro atoms. The SMILES string of the molecule is CCN1C(=O)N/C(=C/c2cc([N+](=O)[O-])cc(OC)c2O)C1=O. The number of nitrogens with zero attached hydrogens (tertiary/aromatic N) is 2.